The van der Waals surface area contributed by atoms with Crippen LogP contribution in [0.4, 0.5) is 0 Å². The summed E-state index contributed by atoms with van der Waals surface area (Å²) in [6.07, 6.45) is 1.75. The first-order valence-corrected chi connectivity index (χ1v) is 10.2. The van der Waals surface area contributed by atoms with E-state index in [4.69, 9.17) is 9.47 Å². The van der Waals surface area contributed by atoms with Gasteiger partial charge in [0.15, 0.2) is 12.5 Å². The third-order valence-electron chi connectivity index (χ3n) is 2.34. The molecule has 0 amide bonds. The Morgan fingerprint density at radius 2 is 2.06 bits per heavy atom. The van der Waals surface area contributed by atoms with Crippen molar-refractivity contribution in [2.45, 2.75) is 32.6 Å². The molecule has 1 heterocycles. The van der Waals surface area contributed by atoms with Crippen molar-refractivity contribution in [1.82, 2.24) is 4.98 Å². The minimum atomic E-state index is -1.01. The third-order valence-corrected chi connectivity index (χ3v) is 4.61. The largest absolute Gasteiger partial charge is 0.464 e. The second-order valence-electron chi connectivity index (χ2n) is 5.23. The molecular weight excluding hydrogens is 298 g/mol. The molecule has 0 aliphatic carbocycles. The standard InChI is InChI=1S/C12H20BrNO2Si/c1-10-5-6-14-12(13)11(10)16-9-15-7-8-17(2,3)4/h5-6H,7-9H2,1-4H3. The van der Waals surface area contributed by atoms with E-state index in [1.54, 1.807) is 6.20 Å². The summed E-state index contributed by atoms with van der Waals surface area (Å²) in [4.78, 5) is 4.12. The quantitative estimate of drug-likeness (QED) is 0.346. The summed E-state index contributed by atoms with van der Waals surface area (Å²) in [6.45, 7) is 10.0. The van der Waals surface area contributed by atoms with Crippen LogP contribution in [0.15, 0.2) is 16.9 Å². The molecule has 0 saturated heterocycles. The van der Waals surface area contributed by atoms with Crippen molar-refractivity contribution in [3.63, 3.8) is 0 Å². The lowest BCUT2D eigenvalue weighted by Crippen LogP contribution is -2.22. The molecule has 0 N–H and O–H groups in total. The Balaban J connectivity index is 2.32. The van der Waals surface area contributed by atoms with Gasteiger partial charge in [-0.2, -0.15) is 0 Å². The van der Waals surface area contributed by atoms with Gasteiger partial charge in [0.25, 0.3) is 0 Å². The highest BCUT2D eigenvalue weighted by molar-refractivity contribution is 9.10. The summed E-state index contributed by atoms with van der Waals surface area (Å²) >= 11 is 3.36. The van der Waals surface area contributed by atoms with E-state index >= 15 is 0 Å². The van der Waals surface area contributed by atoms with Crippen LogP contribution in [0.2, 0.25) is 25.7 Å². The van der Waals surface area contributed by atoms with Crippen LogP contribution in [-0.4, -0.2) is 26.5 Å². The summed E-state index contributed by atoms with van der Waals surface area (Å²) in [7, 11) is -1.01. The van der Waals surface area contributed by atoms with E-state index in [0.29, 0.717) is 0 Å². The predicted octanol–water partition coefficient (Wildman–Crippen LogP) is 3.84. The maximum atomic E-state index is 5.57. The molecule has 0 aliphatic rings. The normalized spacial score (nSPS) is 11.6. The molecule has 1 aromatic rings. The highest BCUT2D eigenvalue weighted by Gasteiger charge is 2.12. The van der Waals surface area contributed by atoms with E-state index in [0.717, 1.165) is 28.6 Å². The zero-order valence-corrected chi connectivity index (χ0v) is 13.5. The van der Waals surface area contributed by atoms with Crippen LogP contribution in [0.1, 0.15) is 5.56 Å². The number of aryl methyl sites for hydroxylation is 1. The van der Waals surface area contributed by atoms with Gasteiger partial charge in [0.1, 0.15) is 4.60 Å². The molecule has 0 bridgehead atoms. The summed E-state index contributed by atoms with van der Waals surface area (Å²) < 4.78 is 11.8. The van der Waals surface area contributed by atoms with E-state index in [9.17, 15) is 0 Å². The molecule has 5 heteroatoms. The molecule has 0 saturated carbocycles. The van der Waals surface area contributed by atoms with Crippen LogP contribution in [0.5, 0.6) is 5.75 Å². The van der Waals surface area contributed by atoms with Crippen molar-refractivity contribution in [2.24, 2.45) is 0 Å². The van der Waals surface area contributed by atoms with E-state index < -0.39 is 8.07 Å². The number of rotatable bonds is 6. The van der Waals surface area contributed by atoms with Crippen molar-refractivity contribution >= 4 is 24.0 Å². The Morgan fingerprint density at radius 1 is 1.35 bits per heavy atom. The van der Waals surface area contributed by atoms with Crippen LogP contribution >= 0.6 is 15.9 Å². The third kappa shape index (κ3) is 5.65. The number of aromatic nitrogens is 1. The molecule has 0 radical (unpaired) electrons. The Bertz CT molecular complexity index is 346. The maximum absolute atomic E-state index is 5.57. The lowest BCUT2D eigenvalue weighted by molar-refractivity contribution is 0.0209. The molecule has 1 rings (SSSR count). The molecule has 0 aliphatic heterocycles. The first-order valence-electron chi connectivity index (χ1n) is 5.72. The highest BCUT2D eigenvalue weighted by atomic mass is 79.9. The minimum absolute atomic E-state index is 0.287. The van der Waals surface area contributed by atoms with Gasteiger partial charge in [0.05, 0.1) is 0 Å². The number of hydrogen-bond acceptors (Lipinski definition) is 3. The Morgan fingerprint density at radius 3 is 2.65 bits per heavy atom. The van der Waals surface area contributed by atoms with Crippen LogP contribution in [0, 0.1) is 6.92 Å². The van der Waals surface area contributed by atoms with Gasteiger partial charge >= 0.3 is 0 Å². The predicted molar refractivity (Wildman–Crippen MR) is 76.3 cm³/mol. The molecule has 0 spiro atoms. The molecular formula is C12H20BrNO2Si. The van der Waals surface area contributed by atoms with Gasteiger partial charge in [-0.15, -0.1) is 0 Å². The number of pyridine rings is 1. The van der Waals surface area contributed by atoms with E-state index in [1.807, 2.05) is 13.0 Å². The summed E-state index contributed by atoms with van der Waals surface area (Å²) in [5, 5.41) is 0. The average molecular weight is 318 g/mol. The van der Waals surface area contributed by atoms with Gasteiger partial charge < -0.3 is 9.47 Å². The maximum Gasteiger partial charge on any atom is 0.189 e. The average Bonchev–Trinajstić information content (AvgIpc) is 2.20. The Kier molecular flexibility index (Phi) is 5.62. The van der Waals surface area contributed by atoms with Crippen molar-refractivity contribution in [1.29, 1.82) is 0 Å². The van der Waals surface area contributed by atoms with E-state index in [2.05, 4.69) is 40.6 Å². The fourth-order valence-corrected chi connectivity index (χ4v) is 2.52. The summed E-state index contributed by atoms with van der Waals surface area (Å²) in [6, 6.07) is 3.08. The molecule has 96 valence electrons. The van der Waals surface area contributed by atoms with Crippen LogP contribution in [0.3, 0.4) is 0 Å². The first-order chi connectivity index (χ1) is 7.90. The molecule has 17 heavy (non-hydrogen) atoms. The lowest BCUT2D eigenvalue weighted by atomic mass is 10.3. The van der Waals surface area contributed by atoms with Gasteiger partial charge in [-0.1, -0.05) is 19.6 Å². The molecule has 0 unspecified atom stereocenters. The van der Waals surface area contributed by atoms with Crippen molar-refractivity contribution in [3.05, 3.63) is 22.4 Å². The van der Waals surface area contributed by atoms with E-state index in [1.165, 1.54) is 0 Å². The van der Waals surface area contributed by atoms with Gasteiger partial charge in [-0.05, 0) is 40.5 Å². The number of halogens is 1. The Hall–Kier alpha value is -0.393. The molecule has 0 aromatic carbocycles. The SMILES string of the molecule is Cc1ccnc(Br)c1OCOCC[Si](C)(C)C. The zero-order chi connectivity index (χ0) is 12.9. The topological polar surface area (TPSA) is 31.4 Å². The van der Waals surface area contributed by atoms with Crippen LogP contribution in [0.25, 0.3) is 0 Å². The number of hydrogen-bond donors (Lipinski definition) is 0. The zero-order valence-electron chi connectivity index (χ0n) is 10.9. The molecule has 0 fully saturated rings. The fourth-order valence-electron chi connectivity index (χ4n) is 1.22. The first kappa shape index (κ1) is 14.7. The fraction of sp³-hybridized carbons (Fsp3) is 0.583. The highest BCUT2D eigenvalue weighted by Crippen LogP contribution is 2.25. The van der Waals surface area contributed by atoms with Gasteiger partial charge in [-0.25, -0.2) is 4.98 Å². The Labute approximate surface area is 113 Å². The molecule has 3 nitrogen and oxygen atoms in total. The summed E-state index contributed by atoms with van der Waals surface area (Å²) in [5.74, 6) is 0.764. The summed E-state index contributed by atoms with van der Waals surface area (Å²) in [5.41, 5.74) is 1.06. The van der Waals surface area contributed by atoms with Gasteiger partial charge in [0, 0.05) is 20.9 Å². The van der Waals surface area contributed by atoms with Gasteiger partial charge in [0.2, 0.25) is 0 Å². The van der Waals surface area contributed by atoms with Crippen molar-refractivity contribution < 1.29 is 9.47 Å². The number of nitrogens with zero attached hydrogens (tertiary/aromatic N) is 1. The van der Waals surface area contributed by atoms with Crippen molar-refractivity contribution in [2.75, 3.05) is 13.4 Å². The van der Waals surface area contributed by atoms with Gasteiger partial charge in [-0.3, -0.25) is 0 Å². The number of ether oxygens (including phenoxy) is 2. The minimum Gasteiger partial charge on any atom is -0.464 e. The van der Waals surface area contributed by atoms with Crippen LogP contribution in [-0.2, 0) is 4.74 Å². The smallest absolute Gasteiger partial charge is 0.189 e. The second-order valence-corrected chi connectivity index (χ2v) is 11.6. The van der Waals surface area contributed by atoms with E-state index in [-0.39, 0.29) is 6.79 Å². The second kappa shape index (κ2) is 6.52. The molecule has 1 aromatic heterocycles. The van der Waals surface area contributed by atoms with Crippen LogP contribution < -0.4 is 4.74 Å². The van der Waals surface area contributed by atoms with Crippen molar-refractivity contribution in [3.8, 4) is 5.75 Å². The molecule has 0 atom stereocenters. The monoisotopic (exact) mass is 317 g/mol. The lowest BCUT2D eigenvalue weighted by Gasteiger charge is -2.16.